The molecule has 3 aromatic rings. The number of aromatic nitrogens is 4. The van der Waals surface area contributed by atoms with E-state index in [0.29, 0.717) is 31.4 Å². The number of carbonyl (C=O) groups is 1. The van der Waals surface area contributed by atoms with Crippen LogP contribution >= 0.6 is 11.6 Å². The minimum Gasteiger partial charge on any atom is -0.341 e. The van der Waals surface area contributed by atoms with Crippen molar-refractivity contribution >= 4 is 28.5 Å². The van der Waals surface area contributed by atoms with Crippen LogP contribution in [0.1, 0.15) is 36.1 Å². The van der Waals surface area contributed by atoms with Gasteiger partial charge < -0.3 is 14.8 Å². The number of benzene rings is 1. The van der Waals surface area contributed by atoms with E-state index in [2.05, 4.69) is 37.2 Å². The predicted molar refractivity (Wildman–Crippen MR) is 98.0 cm³/mol. The molecule has 1 fully saturated rings. The number of rotatable bonds is 3. The molecule has 0 saturated heterocycles. The molecule has 0 bridgehead atoms. The Morgan fingerprint density at radius 2 is 2.23 bits per heavy atom. The van der Waals surface area contributed by atoms with Crippen LogP contribution in [-0.4, -0.2) is 37.2 Å². The van der Waals surface area contributed by atoms with Crippen molar-refractivity contribution in [2.75, 3.05) is 6.54 Å². The number of fused-ring (bicyclic) bond motifs is 3. The third-order valence-electron chi connectivity index (χ3n) is 5.11. The number of urea groups is 1. The van der Waals surface area contributed by atoms with E-state index in [1.54, 1.807) is 0 Å². The van der Waals surface area contributed by atoms with Gasteiger partial charge in [-0.3, -0.25) is 5.10 Å². The summed E-state index contributed by atoms with van der Waals surface area (Å²) in [5.41, 5.74) is 2.23. The Bertz CT molecular complexity index is 989. The first-order valence-electron chi connectivity index (χ1n) is 8.89. The zero-order valence-corrected chi connectivity index (χ0v) is 15.0. The molecular formula is C18H19ClN6O. The summed E-state index contributed by atoms with van der Waals surface area (Å²) < 4.78 is 2.24. The second-order valence-corrected chi connectivity index (χ2v) is 7.36. The van der Waals surface area contributed by atoms with E-state index >= 15 is 0 Å². The number of nitrogens with zero attached hydrogens (tertiary/aromatic N) is 4. The fourth-order valence-electron chi connectivity index (χ4n) is 3.55. The first-order valence-corrected chi connectivity index (χ1v) is 9.27. The summed E-state index contributed by atoms with van der Waals surface area (Å²) in [6.07, 6.45) is 2.32. The molecule has 1 saturated carbocycles. The summed E-state index contributed by atoms with van der Waals surface area (Å²) in [5, 5.41) is 11.9. The second-order valence-electron chi connectivity index (χ2n) is 6.95. The van der Waals surface area contributed by atoms with Crippen molar-refractivity contribution in [3.05, 3.63) is 46.6 Å². The van der Waals surface area contributed by atoms with Gasteiger partial charge in [0.15, 0.2) is 5.82 Å². The molecule has 1 aromatic carbocycles. The van der Waals surface area contributed by atoms with Gasteiger partial charge in [-0.2, -0.15) is 5.10 Å². The molecule has 0 atom stereocenters. The molecule has 26 heavy (non-hydrogen) atoms. The monoisotopic (exact) mass is 370 g/mol. The van der Waals surface area contributed by atoms with Crippen LogP contribution < -0.4 is 5.32 Å². The number of hydrogen-bond acceptors (Lipinski definition) is 3. The van der Waals surface area contributed by atoms with Crippen LogP contribution in [0.5, 0.6) is 0 Å². The van der Waals surface area contributed by atoms with E-state index < -0.39 is 0 Å². The molecule has 8 heteroatoms. The summed E-state index contributed by atoms with van der Waals surface area (Å²) >= 11 is 6.30. The Labute approximate surface area is 155 Å². The molecule has 5 rings (SSSR count). The highest BCUT2D eigenvalue weighted by Crippen LogP contribution is 2.37. The number of hydrogen-bond donors (Lipinski definition) is 2. The van der Waals surface area contributed by atoms with Crippen molar-refractivity contribution < 1.29 is 4.79 Å². The van der Waals surface area contributed by atoms with Crippen LogP contribution in [0.25, 0.3) is 10.9 Å². The van der Waals surface area contributed by atoms with E-state index in [0.717, 1.165) is 46.8 Å². The number of H-pyrrole nitrogens is 1. The standard InChI is InChI=1S/C18H19ClN6O/c19-14-2-1-3-15-13(14)8-12-10-24(6-7-25(12)15)18(26)20-9-16-21-17(23-22-16)11-4-5-11/h1-3,8,11H,4-7,9-10H2,(H,20,26)(H,21,22,23). The Balaban J connectivity index is 1.26. The zero-order chi connectivity index (χ0) is 17.7. The smallest absolute Gasteiger partial charge is 0.318 e. The number of carbonyl (C=O) groups excluding carboxylic acids is 1. The Morgan fingerprint density at radius 1 is 1.35 bits per heavy atom. The van der Waals surface area contributed by atoms with Crippen LogP contribution in [0.15, 0.2) is 24.3 Å². The van der Waals surface area contributed by atoms with Crippen LogP contribution in [0.3, 0.4) is 0 Å². The van der Waals surface area contributed by atoms with E-state index in [4.69, 9.17) is 11.6 Å². The molecule has 1 aliphatic carbocycles. The molecule has 1 aliphatic heterocycles. The Kier molecular flexibility index (Phi) is 3.63. The van der Waals surface area contributed by atoms with Gasteiger partial charge in [-0.05, 0) is 31.0 Å². The molecule has 2 aliphatic rings. The molecule has 0 unspecified atom stereocenters. The molecule has 2 N–H and O–H groups in total. The SMILES string of the molecule is O=C(NCc1nc(C2CC2)n[nH]1)N1CCn2c(cc3c(Cl)cccc32)C1. The molecule has 2 amide bonds. The van der Waals surface area contributed by atoms with Crippen molar-refractivity contribution in [2.45, 2.75) is 38.4 Å². The highest BCUT2D eigenvalue weighted by molar-refractivity contribution is 6.35. The predicted octanol–water partition coefficient (Wildman–Crippen LogP) is 3.02. The van der Waals surface area contributed by atoms with Crippen LogP contribution in [0, 0.1) is 0 Å². The topological polar surface area (TPSA) is 78.8 Å². The number of halogens is 1. The van der Waals surface area contributed by atoms with Crippen LogP contribution in [0.2, 0.25) is 5.02 Å². The fraction of sp³-hybridized carbons (Fsp3) is 0.389. The van der Waals surface area contributed by atoms with Crippen LogP contribution in [0.4, 0.5) is 4.79 Å². The van der Waals surface area contributed by atoms with Gasteiger partial charge in [0.05, 0.1) is 13.1 Å². The third kappa shape index (κ3) is 2.72. The van der Waals surface area contributed by atoms with Crippen molar-refractivity contribution in [3.63, 3.8) is 0 Å². The van der Waals surface area contributed by atoms with Gasteiger partial charge in [0.2, 0.25) is 0 Å². The normalized spacial score (nSPS) is 16.7. The third-order valence-corrected chi connectivity index (χ3v) is 5.44. The van der Waals surface area contributed by atoms with E-state index in [9.17, 15) is 4.79 Å². The number of aromatic amines is 1. The van der Waals surface area contributed by atoms with Crippen molar-refractivity contribution in [1.82, 2.24) is 30.0 Å². The summed E-state index contributed by atoms with van der Waals surface area (Å²) in [7, 11) is 0. The maximum atomic E-state index is 12.5. The average molecular weight is 371 g/mol. The van der Waals surface area contributed by atoms with Gasteiger partial charge in [0, 0.05) is 40.6 Å². The van der Waals surface area contributed by atoms with Gasteiger partial charge in [-0.15, -0.1) is 0 Å². The van der Waals surface area contributed by atoms with Gasteiger partial charge in [0.1, 0.15) is 5.82 Å². The van der Waals surface area contributed by atoms with Crippen molar-refractivity contribution in [1.29, 1.82) is 0 Å². The van der Waals surface area contributed by atoms with Gasteiger partial charge in [0.25, 0.3) is 0 Å². The largest absolute Gasteiger partial charge is 0.341 e. The lowest BCUT2D eigenvalue weighted by molar-refractivity contribution is 0.183. The van der Waals surface area contributed by atoms with E-state index in [1.807, 2.05) is 17.0 Å². The molecular weight excluding hydrogens is 352 g/mol. The number of nitrogens with one attached hydrogen (secondary N) is 2. The lowest BCUT2D eigenvalue weighted by atomic mass is 10.2. The first-order chi connectivity index (χ1) is 12.7. The molecule has 0 radical (unpaired) electrons. The first kappa shape index (κ1) is 15.7. The summed E-state index contributed by atoms with van der Waals surface area (Å²) in [6, 6.07) is 7.92. The van der Waals surface area contributed by atoms with Crippen molar-refractivity contribution in [2.24, 2.45) is 0 Å². The lowest BCUT2D eigenvalue weighted by Crippen LogP contribution is -2.43. The highest BCUT2D eigenvalue weighted by Gasteiger charge is 2.28. The Morgan fingerprint density at radius 3 is 3.08 bits per heavy atom. The minimum absolute atomic E-state index is 0.0861. The van der Waals surface area contributed by atoms with Gasteiger partial charge in [-0.1, -0.05) is 17.7 Å². The lowest BCUT2D eigenvalue weighted by Gasteiger charge is -2.29. The molecule has 7 nitrogen and oxygen atoms in total. The Hall–Kier alpha value is -2.54. The molecule has 0 spiro atoms. The van der Waals surface area contributed by atoms with Crippen molar-refractivity contribution in [3.8, 4) is 0 Å². The highest BCUT2D eigenvalue weighted by atomic mass is 35.5. The molecule has 2 aromatic heterocycles. The summed E-state index contributed by atoms with van der Waals surface area (Å²) in [4.78, 5) is 18.8. The maximum absolute atomic E-state index is 12.5. The summed E-state index contributed by atoms with van der Waals surface area (Å²) in [5.74, 6) is 2.08. The van der Waals surface area contributed by atoms with Gasteiger partial charge in [-0.25, -0.2) is 9.78 Å². The zero-order valence-electron chi connectivity index (χ0n) is 14.2. The molecule has 3 heterocycles. The molecule has 134 valence electrons. The van der Waals surface area contributed by atoms with E-state index in [-0.39, 0.29) is 6.03 Å². The second kappa shape index (κ2) is 6.02. The minimum atomic E-state index is -0.0861. The summed E-state index contributed by atoms with van der Waals surface area (Å²) in [6.45, 7) is 2.37. The average Bonchev–Trinajstić information content (AvgIpc) is 3.27. The maximum Gasteiger partial charge on any atom is 0.318 e. The van der Waals surface area contributed by atoms with E-state index in [1.165, 1.54) is 0 Å². The van der Waals surface area contributed by atoms with Crippen LogP contribution in [-0.2, 0) is 19.6 Å². The fourth-order valence-corrected chi connectivity index (χ4v) is 3.78. The quantitative estimate of drug-likeness (QED) is 0.743. The van der Waals surface area contributed by atoms with Gasteiger partial charge >= 0.3 is 6.03 Å². The number of amides is 2.